The van der Waals surface area contributed by atoms with Crippen molar-refractivity contribution in [1.82, 2.24) is 10.2 Å². The van der Waals surface area contributed by atoms with E-state index in [4.69, 9.17) is 9.15 Å². The Morgan fingerprint density at radius 3 is 2.64 bits per heavy atom. The molecule has 0 bridgehead atoms. The maximum atomic E-state index is 12.6. The third kappa shape index (κ3) is 3.16. The van der Waals surface area contributed by atoms with Gasteiger partial charge < -0.3 is 14.1 Å². The molecular weight excluding hydrogens is 328 g/mol. The van der Waals surface area contributed by atoms with Gasteiger partial charge in [0.05, 0.1) is 6.26 Å². The number of ether oxygens (including phenoxy) is 1. The lowest BCUT2D eigenvalue weighted by Gasteiger charge is -2.47. The Morgan fingerprint density at radius 2 is 2.00 bits per heavy atom. The first-order valence-electron chi connectivity index (χ1n) is 8.30. The molecule has 3 amide bonds. The van der Waals surface area contributed by atoms with Gasteiger partial charge in [0.1, 0.15) is 23.4 Å². The predicted octanol–water partition coefficient (Wildman–Crippen LogP) is 0.933. The summed E-state index contributed by atoms with van der Waals surface area (Å²) >= 11 is 0. The average molecular weight is 348 g/mol. The van der Waals surface area contributed by atoms with E-state index in [2.05, 4.69) is 5.32 Å². The zero-order chi connectivity index (χ0) is 18.0. The zero-order valence-corrected chi connectivity index (χ0v) is 14.0. The number of aryl methyl sites for hydroxylation is 1. The van der Waals surface area contributed by atoms with Crippen molar-refractivity contribution in [1.29, 1.82) is 0 Å². The van der Waals surface area contributed by atoms with E-state index in [1.54, 1.807) is 6.92 Å². The van der Waals surface area contributed by atoms with Gasteiger partial charge in [0, 0.05) is 0 Å². The van der Waals surface area contributed by atoms with Gasteiger partial charge in [-0.2, -0.15) is 0 Å². The van der Waals surface area contributed by atoms with Gasteiger partial charge in [-0.05, 0) is 25.8 Å². The molecule has 8 heteroatoms. The van der Waals surface area contributed by atoms with Crippen LogP contribution >= 0.6 is 0 Å². The highest BCUT2D eigenvalue weighted by Crippen LogP contribution is 2.35. The van der Waals surface area contributed by atoms with Crippen LogP contribution in [0, 0.1) is 6.92 Å². The smallest absolute Gasteiger partial charge is 0.342 e. The van der Waals surface area contributed by atoms with Gasteiger partial charge in [-0.1, -0.05) is 19.3 Å². The molecule has 1 spiro atoms. The number of carbonyl (C=O) groups excluding carboxylic acids is 4. The van der Waals surface area contributed by atoms with Crippen molar-refractivity contribution in [2.45, 2.75) is 44.6 Å². The third-order valence-corrected chi connectivity index (χ3v) is 4.88. The molecule has 1 saturated heterocycles. The molecule has 1 aliphatic carbocycles. The van der Waals surface area contributed by atoms with Gasteiger partial charge in [-0.15, -0.1) is 0 Å². The van der Waals surface area contributed by atoms with E-state index >= 15 is 0 Å². The minimum atomic E-state index is -1.01. The quantitative estimate of drug-likeness (QED) is 0.643. The fraction of sp³-hybridized carbons (Fsp3) is 0.529. The Morgan fingerprint density at radius 1 is 1.28 bits per heavy atom. The summed E-state index contributed by atoms with van der Waals surface area (Å²) in [7, 11) is 0. The molecule has 2 fully saturated rings. The number of carbonyl (C=O) groups is 4. The lowest BCUT2D eigenvalue weighted by atomic mass is 9.78. The zero-order valence-electron chi connectivity index (χ0n) is 14.0. The van der Waals surface area contributed by atoms with Crippen molar-refractivity contribution >= 4 is 23.7 Å². The van der Waals surface area contributed by atoms with Gasteiger partial charge in [0.2, 0.25) is 5.91 Å². The summed E-state index contributed by atoms with van der Waals surface area (Å²) in [6, 6.07) is 1.46. The summed E-state index contributed by atoms with van der Waals surface area (Å²) in [5, 5.41) is 2.33. The first-order valence-corrected chi connectivity index (χ1v) is 8.30. The number of nitrogens with zero attached hydrogens (tertiary/aromatic N) is 1. The maximum absolute atomic E-state index is 12.6. The van der Waals surface area contributed by atoms with E-state index in [0.717, 1.165) is 19.3 Å². The SMILES string of the molecule is Cc1occc1C(=O)OCC(=O)N1CC(=O)NC(=O)C12CCCCC2. The van der Waals surface area contributed by atoms with Crippen molar-refractivity contribution in [2.24, 2.45) is 0 Å². The van der Waals surface area contributed by atoms with E-state index in [0.29, 0.717) is 18.6 Å². The second-order valence-electron chi connectivity index (χ2n) is 6.42. The number of furan rings is 1. The van der Waals surface area contributed by atoms with Crippen molar-refractivity contribution in [3.8, 4) is 0 Å². The van der Waals surface area contributed by atoms with E-state index in [-0.39, 0.29) is 12.1 Å². The number of piperazine rings is 1. The predicted molar refractivity (Wildman–Crippen MR) is 84.4 cm³/mol. The Hall–Kier alpha value is -2.64. The summed E-state index contributed by atoms with van der Waals surface area (Å²) in [4.78, 5) is 50.1. The van der Waals surface area contributed by atoms with Gasteiger partial charge in [-0.25, -0.2) is 4.79 Å². The summed E-state index contributed by atoms with van der Waals surface area (Å²) in [5.74, 6) is -1.78. The number of imide groups is 1. The van der Waals surface area contributed by atoms with Crippen LogP contribution in [0.2, 0.25) is 0 Å². The molecule has 0 radical (unpaired) electrons. The van der Waals surface area contributed by atoms with Crippen LogP contribution in [0.3, 0.4) is 0 Å². The molecule has 1 aliphatic heterocycles. The van der Waals surface area contributed by atoms with E-state index in [1.807, 2.05) is 0 Å². The summed E-state index contributed by atoms with van der Waals surface area (Å²) in [5.41, 5.74) is -0.770. The van der Waals surface area contributed by atoms with Crippen LogP contribution in [-0.4, -0.2) is 47.3 Å². The highest BCUT2D eigenvalue weighted by Gasteiger charge is 2.51. The molecule has 1 N–H and O–H groups in total. The second kappa shape index (κ2) is 6.70. The maximum Gasteiger partial charge on any atom is 0.342 e. The lowest BCUT2D eigenvalue weighted by Crippen LogP contribution is -2.69. The van der Waals surface area contributed by atoms with Crippen molar-refractivity contribution in [3.05, 3.63) is 23.7 Å². The fourth-order valence-electron chi connectivity index (χ4n) is 3.54. The molecule has 0 unspecified atom stereocenters. The highest BCUT2D eigenvalue weighted by atomic mass is 16.5. The van der Waals surface area contributed by atoms with Gasteiger partial charge in [-0.3, -0.25) is 19.7 Å². The number of amides is 3. The van der Waals surface area contributed by atoms with E-state index in [1.165, 1.54) is 17.2 Å². The molecule has 25 heavy (non-hydrogen) atoms. The summed E-state index contributed by atoms with van der Waals surface area (Å²) in [6.45, 7) is 0.891. The largest absolute Gasteiger partial charge is 0.469 e. The Kier molecular flexibility index (Phi) is 4.61. The first kappa shape index (κ1) is 17.2. The minimum absolute atomic E-state index is 0.202. The molecule has 2 heterocycles. The van der Waals surface area contributed by atoms with Crippen molar-refractivity contribution in [3.63, 3.8) is 0 Å². The monoisotopic (exact) mass is 348 g/mol. The van der Waals surface area contributed by atoms with Crippen LogP contribution < -0.4 is 5.32 Å². The normalized spacial score (nSPS) is 19.6. The Bertz CT molecular complexity index is 716. The van der Waals surface area contributed by atoms with E-state index < -0.39 is 35.8 Å². The molecule has 8 nitrogen and oxygen atoms in total. The van der Waals surface area contributed by atoms with E-state index in [9.17, 15) is 19.2 Å². The summed E-state index contributed by atoms with van der Waals surface area (Å²) < 4.78 is 10.1. The van der Waals surface area contributed by atoms with Gasteiger partial charge in [0.25, 0.3) is 11.8 Å². The molecule has 1 saturated carbocycles. The summed E-state index contributed by atoms with van der Waals surface area (Å²) in [6.07, 6.45) is 4.97. The van der Waals surface area contributed by atoms with Crippen molar-refractivity contribution < 1.29 is 28.3 Å². The third-order valence-electron chi connectivity index (χ3n) is 4.88. The standard InChI is InChI=1S/C17H20N2O6/c1-11-12(5-8-24-11)15(22)25-10-14(21)19-9-13(20)18-16(23)17(19)6-3-2-4-7-17/h5,8H,2-4,6-7,9-10H2,1H3,(H,18,20,23). The lowest BCUT2D eigenvalue weighted by molar-refractivity contribution is -0.161. The van der Waals surface area contributed by atoms with Crippen LogP contribution in [0.15, 0.2) is 16.7 Å². The van der Waals surface area contributed by atoms with Crippen molar-refractivity contribution in [2.75, 3.05) is 13.2 Å². The van der Waals surface area contributed by atoms with Crippen LogP contribution in [0.1, 0.15) is 48.2 Å². The molecule has 1 aromatic rings. The molecule has 0 atom stereocenters. The number of nitrogens with one attached hydrogen (secondary N) is 1. The minimum Gasteiger partial charge on any atom is -0.469 e. The van der Waals surface area contributed by atoms with Gasteiger partial charge >= 0.3 is 5.97 Å². The molecule has 3 rings (SSSR count). The van der Waals surface area contributed by atoms with Crippen LogP contribution in [0.5, 0.6) is 0 Å². The first-order chi connectivity index (χ1) is 11.9. The average Bonchev–Trinajstić information content (AvgIpc) is 3.03. The highest BCUT2D eigenvalue weighted by molar-refractivity contribution is 6.07. The van der Waals surface area contributed by atoms with Crippen LogP contribution in [0.25, 0.3) is 0 Å². The number of hydrogen-bond donors (Lipinski definition) is 1. The Balaban J connectivity index is 1.72. The number of rotatable bonds is 3. The number of esters is 1. The topological polar surface area (TPSA) is 106 Å². The molecule has 134 valence electrons. The fourth-order valence-corrected chi connectivity index (χ4v) is 3.54. The second-order valence-corrected chi connectivity index (χ2v) is 6.42. The molecular formula is C17H20N2O6. The van der Waals surface area contributed by atoms with Crippen LogP contribution in [-0.2, 0) is 19.1 Å². The number of hydrogen-bond acceptors (Lipinski definition) is 6. The van der Waals surface area contributed by atoms with Gasteiger partial charge in [0.15, 0.2) is 6.61 Å². The molecule has 2 aliphatic rings. The van der Waals surface area contributed by atoms with Crippen LogP contribution in [0.4, 0.5) is 0 Å². The molecule has 1 aromatic heterocycles. The molecule has 0 aromatic carbocycles. The Labute approximate surface area is 144 Å².